The number of rotatable bonds is 5. The summed E-state index contributed by atoms with van der Waals surface area (Å²) in [6.45, 7) is 4.07. The molecule has 1 atom stereocenters. The van der Waals surface area contributed by atoms with Gasteiger partial charge in [0.15, 0.2) is 5.17 Å². The molecule has 0 aliphatic carbocycles. The fourth-order valence-electron chi connectivity index (χ4n) is 3.22. The maximum atomic E-state index is 12.9. The molecule has 0 saturated carbocycles. The van der Waals surface area contributed by atoms with Crippen molar-refractivity contribution in [3.63, 3.8) is 0 Å². The van der Waals surface area contributed by atoms with Crippen molar-refractivity contribution in [2.75, 3.05) is 24.9 Å². The van der Waals surface area contributed by atoms with Crippen LogP contribution in [0.15, 0.2) is 70.9 Å². The molecule has 0 spiro atoms. The van der Waals surface area contributed by atoms with Crippen LogP contribution in [0.4, 0.5) is 5.69 Å². The lowest BCUT2D eigenvalue weighted by Gasteiger charge is -2.34. The quantitative estimate of drug-likeness (QED) is 0.679. The first kappa shape index (κ1) is 20.0. The summed E-state index contributed by atoms with van der Waals surface area (Å²) in [5.41, 5.74) is 3.25. The number of thioether (sulfide) groups is 1. The predicted octanol–water partition coefficient (Wildman–Crippen LogP) is 4.81. The zero-order chi connectivity index (χ0) is 20.1. The first-order chi connectivity index (χ1) is 13.6. The molecule has 6 heteroatoms. The van der Waals surface area contributed by atoms with Gasteiger partial charge in [-0.1, -0.05) is 42.1 Å². The zero-order valence-electron chi connectivity index (χ0n) is 16.5. The fraction of sp³-hybridized carbons (Fsp3) is 0.273. The molecule has 28 heavy (non-hydrogen) atoms. The topological polar surface area (TPSA) is 51.1 Å². The molecule has 146 valence electrons. The summed E-state index contributed by atoms with van der Waals surface area (Å²) in [4.78, 5) is 19.8. The van der Waals surface area contributed by atoms with Crippen LogP contribution in [0.1, 0.15) is 25.5 Å². The summed E-state index contributed by atoms with van der Waals surface area (Å²) in [6.07, 6.45) is 1.99. The molecule has 5 nitrogen and oxygen atoms in total. The van der Waals surface area contributed by atoms with Crippen molar-refractivity contribution in [3.8, 4) is 5.75 Å². The van der Waals surface area contributed by atoms with Crippen LogP contribution < -0.4 is 9.64 Å². The van der Waals surface area contributed by atoms with Crippen molar-refractivity contribution in [2.24, 2.45) is 4.99 Å². The van der Waals surface area contributed by atoms with Crippen LogP contribution in [-0.4, -0.2) is 31.1 Å². The van der Waals surface area contributed by atoms with Crippen molar-refractivity contribution in [3.05, 3.63) is 71.4 Å². The minimum atomic E-state index is -0.424. The van der Waals surface area contributed by atoms with E-state index in [9.17, 15) is 4.79 Å². The Balaban J connectivity index is 2.13. The molecule has 0 radical (unpaired) electrons. The van der Waals surface area contributed by atoms with Crippen LogP contribution in [0.5, 0.6) is 5.75 Å². The lowest BCUT2D eigenvalue weighted by molar-refractivity contribution is -0.138. The van der Waals surface area contributed by atoms with Crippen LogP contribution in [0.3, 0.4) is 0 Å². The van der Waals surface area contributed by atoms with Crippen LogP contribution in [-0.2, 0) is 9.53 Å². The number of hydrogen-bond donors (Lipinski definition) is 0. The number of hydrogen-bond acceptors (Lipinski definition) is 6. The minimum absolute atomic E-state index is 0.315. The number of allylic oxidation sites excluding steroid dienone is 1. The summed E-state index contributed by atoms with van der Waals surface area (Å²) in [6, 6.07) is 17.1. The van der Waals surface area contributed by atoms with Crippen molar-refractivity contribution < 1.29 is 14.3 Å². The average molecular weight is 397 g/mol. The van der Waals surface area contributed by atoms with Crippen molar-refractivity contribution in [1.29, 1.82) is 0 Å². The molecule has 1 aliphatic rings. The Morgan fingerprint density at radius 1 is 1.14 bits per heavy atom. The van der Waals surface area contributed by atoms with E-state index in [4.69, 9.17) is 14.5 Å². The smallest absolute Gasteiger partial charge is 0.338 e. The predicted molar refractivity (Wildman–Crippen MR) is 115 cm³/mol. The molecule has 1 heterocycles. The van der Waals surface area contributed by atoms with Gasteiger partial charge < -0.3 is 9.47 Å². The van der Waals surface area contributed by atoms with E-state index < -0.39 is 6.04 Å². The standard InChI is InChI=1S/C22H24N2O3S/c1-5-27-21(25)19-15(2)24(17-9-7-6-8-10-17)22(28-4)23-20(19)16-11-13-18(26-3)14-12-16/h6-14,20H,5H2,1-4H3/t20-/m0/s1. The van der Waals surface area contributed by atoms with E-state index >= 15 is 0 Å². The highest BCUT2D eigenvalue weighted by Crippen LogP contribution is 2.39. The highest BCUT2D eigenvalue weighted by atomic mass is 32.2. The summed E-state index contributed by atoms with van der Waals surface area (Å²) in [7, 11) is 1.63. The summed E-state index contributed by atoms with van der Waals surface area (Å²) in [5.74, 6) is 0.420. The largest absolute Gasteiger partial charge is 0.497 e. The third kappa shape index (κ3) is 3.92. The second kappa shape index (κ2) is 8.97. The second-order valence-electron chi connectivity index (χ2n) is 6.18. The van der Waals surface area contributed by atoms with Gasteiger partial charge in [-0.05, 0) is 49.9 Å². The first-order valence-electron chi connectivity index (χ1n) is 9.09. The monoisotopic (exact) mass is 396 g/mol. The molecule has 2 aromatic rings. The molecule has 0 aromatic heterocycles. The van der Waals surface area contributed by atoms with Gasteiger partial charge in [-0.2, -0.15) is 0 Å². The Hall–Kier alpha value is -2.73. The number of aliphatic imine (C=N–C) groups is 1. The van der Waals surface area contributed by atoms with E-state index in [1.165, 1.54) is 0 Å². The number of esters is 1. The fourth-order valence-corrected chi connectivity index (χ4v) is 3.85. The van der Waals surface area contributed by atoms with Gasteiger partial charge in [0.2, 0.25) is 0 Å². The third-order valence-electron chi connectivity index (χ3n) is 4.55. The Bertz CT molecular complexity index is 892. The van der Waals surface area contributed by atoms with Crippen LogP contribution >= 0.6 is 11.8 Å². The highest BCUT2D eigenvalue weighted by molar-refractivity contribution is 8.13. The van der Waals surface area contributed by atoms with Crippen molar-refractivity contribution in [2.45, 2.75) is 19.9 Å². The normalized spacial score (nSPS) is 16.6. The van der Waals surface area contributed by atoms with Gasteiger partial charge in [0.25, 0.3) is 0 Å². The lowest BCUT2D eigenvalue weighted by Crippen LogP contribution is -2.35. The van der Waals surface area contributed by atoms with E-state index in [-0.39, 0.29) is 5.97 Å². The Morgan fingerprint density at radius 2 is 1.82 bits per heavy atom. The van der Waals surface area contributed by atoms with E-state index in [0.717, 1.165) is 27.9 Å². The molecule has 1 aliphatic heterocycles. The summed E-state index contributed by atoms with van der Waals surface area (Å²) < 4.78 is 10.6. The van der Waals surface area contributed by atoms with Crippen LogP contribution in [0.25, 0.3) is 0 Å². The molecular formula is C22H24N2O3S. The number of amidine groups is 1. The number of methoxy groups -OCH3 is 1. The van der Waals surface area contributed by atoms with Crippen LogP contribution in [0, 0.1) is 0 Å². The third-order valence-corrected chi connectivity index (χ3v) is 5.21. The number of benzene rings is 2. The van der Waals surface area contributed by atoms with Crippen molar-refractivity contribution >= 4 is 28.6 Å². The minimum Gasteiger partial charge on any atom is -0.497 e. The first-order valence-corrected chi connectivity index (χ1v) is 10.3. The average Bonchev–Trinajstić information content (AvgIpc) is 2.73. The van der Waals surface area contributed by atoms with E-state index in [1.807, 2.05) is 79.6 Å². The highest BCUT2D eigenvalue weighted by Gasteiger charge is 2.34. The van der Waals surface area contributed by atoms with E-state index in [0.29, 0.717) is 12.2 Å². The molecule has 2 aromatic carbocycles. The number of nitrogens with zero attached hydrogens (tertiary/aromatic N) is 2. The van der Waals surface area contributed by atoms with Gasteiger partial charge in [0.05, 0.1) is 19.3 Å². The second-order valence-corrected chi connectivity index (χ2v) is 6.96. The van der Waals surface area contributed by atoms with Gasteiger partial charge >= 0.3 is 5.97 Å². The van der Waals surface area contributed by atoms with Gasteiger partial charge in [0.1, 0.15) is 11.8 Å². The maximum absolute atomic E-state index is 12.9. The number of carbonyl (C=O) groups is 1. The van der Waals surface area contributed by atoms with Crippen molar-refractivity contribution in [1.82, 2.24) is 0 Å². The molecule has 0 bridgehead atoms. The maximum Gasteiger partial charge on any atom is 0.338 e. The summed E-state index contributed by atoms with van der Waals surface area (Å²) in [5, 5.41) is 0.831. The van der Waals surface area contributed by atoms with E-state index in [1.54, 1.807) is 18.9 Å². The molecule has 3 rings (SSSR count). The van der Waals surface area contributed by atoms with Gasteiger partial charge in [-0.15, -0.1) is 0 Å². The van der Waals surface area contributed by atoms with Crippen LogP contribution in [0.2, 0.25) is 0 Å². The molecule has 0 saturated heterocycles. The molecule has 0 amide bonds. The number of ether oxygens (including phenoxy) is 2. The Morgan fingerprint density at radius 3 is 2.39 bits per heavy atom. The molecule has 0 N–H and O–H groups in total. The molecule has 0 fully saturated rings. The van der Waals surface area contributed by atoms with Gasteiger partial charge in [-0.25, -0.2) is 9.79 Å². The Labute approximate surface area is 170 Å². The van der Waals surface area contributed by atoms with E-state index in [2.05, 4.69) is 0 Å². The Kier molecular flexibility index (Phi) is 6.41. The zero-order valence-corrected chi connectivity index (χ0v) is 17.3. The molecule has 0 unspecified atom stereocenters. The summed E-state index contributed by atoms with van der Waals surface area (Å²) >= 11 is 1.55. The van der Waals surface area contributed by atoms with Gasteiger partial charge in [-0.3, -0.25) is 4.90 Å². The lowest BCUT2D eigenvalue weighted by atomic mass is 9.95. The number of anilines is 1. The van der Waals surface area contributed by atoms with Gasteiger partial charge in [0, 0.05) is 11.4 Å². The number of para-hydroxylation sites is 1. The molecular weight excluding hydrogens is 372 g/mol. The SMILES string of the molecule is CCOC(=O)C1=C(C)N(c2ccccc2)C(SC)=N[C@H]1c1ccc(OC)cc1. The number of carbonyl (C=O) groups excluding carboxylic acids is 1.